The molecule has 0 unspecified atom stereocenters. The Hall–Kier alpha value is -4.90. The number of carbonyl (C=O) groups excluding carboxylic acids is 2. The number of fused-ring (bicyclic) bond motifs is 1. The number of amides is 2. The topological polar surface area (TPSA) is 135 Å². The number of methoxy groups -OCH3 is 2. The van der Waals surface area contributed by atoms with E-state index in [-0.39, 0.29) is 23.1 Å². The van der Waals surface area contributed by atoms with Crippen molar-refractivity contribution in [1.82, 2.24) is 25.3 Å². The lowest BCUT2D eigenvalue weighted by Gasteiger charge is -2.59. The van der Waals surface area contributed by atoms with Gasteiger partial charge in [0.25, 0.3) is 11.8 Å². The number of nitrogens with one attached hydrogen (secondary N) is 2. The van der Waals surface area contributed by atoms with E-state index in [2.05, 4.69) is 10.6 Å². The van der Waals surface area contributed by atoms with E-state index in [1.165, 1.54) is 14.2 Å². The lowest BCUT2D eigenvalue weighted by molar-refractivity contribution is -0.163. The molecule has 4 bridgehead atoms. The Labute approximate surface area is 291 Å². The number of carboxylic acid groups (broad SMARTS) is 1. The molecule has 11 heteroatoms. The molecular weight excluding hydrogens is 634 g/mol. The second-order valence-electron chi connectivity index (χ2n) is 14.4. The standard InChI is InChI=1S/C39H45N5O6/c1-43(2)17-9-16-40-36(45)33-34(37(46)41-39(38(47)48)26-19-23-18-24(21-26)22-27(39)20-23)42-44(29-13-7-11-25-10-5-6-12-28(25)29)35(33)32-30(49-3)14-8-15-31(32)50-4/h5-8,10-15,23-24,26-27H,9,16-22H2,1-4H3,(H,40,45)(H,41,46)(H,47,48). The van der Waals surface area contributed by atoms with Crippen molar-refractivity contribution >= 4 is 28.6 Å². The van der Waals surface area contributed by atoms with Gasteiger partial charge in [-0.25, -0.2) is 9.48 Å². The van der Waals surface area contributed by atoms with Crippen molar-refractivity contribution in [3.8, 4) is 28.4 Å². The molecule has 3 N–H and O–H groups in total. The summed E-state index contributed by atoms with van der Waals surface area (Å²) in [5, 5.41) is 23.7. The fourth-order valence-electron chi connectivity index (χ4n) is 9.14. The van der Waals surface area contributed by atoms with Gasteiger partial charge in [0, 0.05) is 11.9 Å². The molecule has 0 spiro atoms. The highest BCUT2D eigenvalue weighted by atomic mass is 16.5. The van der Waals surface area contributed by atoms with Crippen LogP contribution in [0.15, 0.2) is 60.7 Å². The van der Waals surface area contributed by atoms with Crippen LogP contribution in [0.2, 0.25) is 0 Å². The van der Waals surface area contributed by atoms with Crippen molar-refractivity contribution < 1.29 is 29.0 Å². The normalized spacial score (nSPS) is 23.6. The third kappa shape index (κ3) is 5.67. The Morgan fingerprint density at radius 1 is 0.880 bits per heavy atom. The monoisotopic (exact) mass is 679 g/mol. The number of benzene rings is 3. The number of carboxylic acids is 1. The minimum absolute atomic E-state index is 0.0208. The molecule has 4 aliphatic rings. The summed E-state index contributed by atoms with van der Waals surface area (Å²) in [4.78, 5) is 44.6. The van der Waals surface area contributed by atoms with E-state index in [4.69, 9.17) is 14.6 Å². The van der Waals surface area contributed by atoms with E-state index in [9.17, 15) is 19.5 Å². The van der Waals surface area contributed by atoms with Crippen LogP contribution < -0.4 is 20.1 Å². The predicted octanol–water partition coefficient (Wildman–Crippen LogP) is 5.40. The summed E-state index contributed by atoms with van der Waals surface area (Å²) in [5.41, 5.74) is -0.185. The fraction of sp³-hybridized carbons (Fsp3) is 0.436. The van der Waals surface area contributed by atoms with Gasteiger partial charge in [-0.05, 0) is 106 Å². The minimum Gasteiger partial charge on any atom is -0.496 e. The third-order valence-corrected chi connectivity index (χ3v) is 11.2. The number of ether oxygens (including phenoxy) is 2. The zero-order chi connectivity index (χ0) is 35.2. The number of hydrogen-bond donors (Lipinski definition) is 3. The summed E-state index contributed by atoms with van der Waals surface area (Å²) < 4.78 is 13.3. The summed E-state index contributed by atoms with van der Waals surface area (Å²) in [5.74, 6) is -0.763. The van der Waals surface area contributed by atoms with Gasteiger partial charge in [0.2, 0.25) is 0 Å². The van der Waals surface area contributed by atoms with Gasteiger partial charge in [0.15, 0.2) is 5.69 Å². The smallest absolute Gasteiger partial charge is 0.330 e. The van der Waals surface area contributed by atoms with Crippen molar-refractivity contribution in [2.24, 2.45) is 23.7 Å². The maximum Gasteiger partial charge on any atom is 0.330 e. The van der Waals surface area contributed by atoms with Crippen molar-refractivity contribution in [1.29, 1.82) is 0 Å². The van der Waals surface area contributed by atoms with E-state index >= 15 is 0 Å². The van der Waals surface area contributed by atoms with Crippen LogP contribution in [0, 0.1) is 23.7 Å². The maximum atomic E-state index is 14.8. The van der Waals surface area contributed by atoms with Crippen LogP contribution >= 0.6 is 0 Å². The number of carbonyl (C=O) groups is 3. The first-order valence-corrected chi connectivity index (χ1v) is 17.5. The predicted molar refractivity (Wildman–Crippen MR) is 190 cm³/mol. The number of nitrogens with zero attached hydrogens (tertiary/aromatic N) is 3. The molecule has 1 aromatic heterocycles. The molecule has 262 valence electrons. The molecule has 4 aromatic rings. The van der Waals surface area contributed by atoms with Gasteiger partial charge in [0.1, 0.15) is 17.0 Å². The molecule has 4 aliphatic carbocycles. The molecule has 11 nitrogen and oxygen atoms in total. The molecule has 50 heavy (non-hydrogen) atoms. The first kappa shape index (κ1) is 33.6. The van der Waals surface area contributed by atoms with Crippen LogP contribution in [0.3, 0.4) is 0 Å². The molecule has 1 heterocycles. The maximum absolute atomic E-state index is 14.8. The molecular formula is C39H45N5O6. The number of rotatable bonds is 12. The van der Waals surface area contributed by atoms with Crippen LogP contribution in [-0.4, -0.2) is 84.5 Å². The summed E-state index contributed by atoms with van der Waals surface area (Å²) >= 11 is 0. The molecule has 2 amide bonds. The Morgan fingerprint density at radius 3 is 2.12 bits per heavy atom. The van der Waals surface area contributed by atoms with E-state index in [1.54, 1.807) is 22.9 Å². The van der Waals surface area contributed by atoms with Gasteiger partial charge in [0.05, 0.1) is 36.7 Å². The van der Waals surface area contributed by atoms with E-state index < -0.39 is 23.3 Å². The minimum atomic E-state index is -1.44. The summed E-state index contributed by atoms with van der Waals surface area (Å²) in [6.45, 7) is 1.11. The average Bonchev–Trinajstić information content (AvgIpc) is 3.50. The second kappa shape index (κ2) is 13.4. The first-order valence-electron chi connectivity index (χ1n) is 17.5. The zero-order valence-corrected chi connectivity index (χ0v) is 29.1. The molecule has 0 aliphatic heterocycles. The zero-order valence-electron chi connectivity index (χ0n) is 29.1. The Balaban J connectivity index is 1.45. The van der Waals surface area contributed by atoms with Gasteiger partial charge in [-0.15, -0.1) is 0 Å². The molecule has 4 saturated carbocycles. The lowest BCUT2D eigenvalue weighted by atomic mass is 9.48. The van der Waals surface area contributed by atoms with Crippen LogP contribution in [0.25, 0.3) is 27.7 Å². The molecule has 3 aromatic carbocycles. The molecule has 0 saturated heterocycles. The highest BCUT2D eigenvalue weighted by Crippen LogP contribution is 2.58. The van der Waals surface area contributed by atoms with Crippen LogP contribution in [0.5, 0.6) is 11.5 Å². The number of aromatic nitrogens is 2. The number of aliphatic carboxylic acids is 1. The van der Waals surface area contributed by atoms with Gasteiger partial charge in [-0.2, -0.15) is 5.10 Å². The average molecular weight is 680 g/mol. The quantitative estimate of drug-likeness (QED) is 0.170. The van der Waals surface area contributed by atoms with Gasteiger partial charge >= 0.3 is 5.97 Å². The molecule has 4 fully saturated rings. The van der Waals surface area contributed by atoms with Crippen molar-refractivity contribution in [2.75, 3.05) is 41.4 Å². The highest BCUT2D eigenvalue weighted by molar-refractivity contribution is 6.12. The van der Waals surface area contributed by atoms with Gasteiger partial charge in [-0.1, -0.05) is 42.5 Å². The largest absolute Gasteiger partial charge is 0.496 e. The summed E-state index contributed by atoms with van der Waals surface area (Å²) in [6, 6.07) is 18.9. The summed E-state index contributed by atoms with van der Waals surface area (Å²) in [6.07, 6.45) is 4.90. The van der Waals surface area contributed by atoms with Crippen molar-refractivity contribution in [2.45, 2.75) is 44.1 Å². The molecule has 0 radical (unpaired) electrons. The van der Waals surface area contributed by atoms with E-state index in [0.29, 0.717) is 53.2 Å². The van der Waals surface area contributed by atoms with Crippen LogP contribution in [0.1, 0.15) is 59.4 Å². The second-order valence-corrected chi connectivity index (χ2v) is 14.4. The van der Waals surface area contributed by atoms with Crippen molar-refractivity contribution in [3.63, 3.8) is 0 Å². The Bertz CT molecular complexity index is 1890. The Kier molecular flexibility index (Phi) is 9.02. The number of hydrogen-bond acceptors (Lipinski definition) is 7. The SMILES string of the molecule is COc1cccc(OC)c1-c1c(C(=O)NCCCN(C)C)c(C(=O)NC2(C(=O)O)C3CC4CC(C3)CC2C4)nn1-c1cccc2ccccc12. The first-order chi connectivity index (χ1) is 24.2. The van der Waals surface area contributed by atoms with Gasteiger partial charge < -0.3 is 30.1 Å². The van der Waals surface area contributed by atoms with Crippen molar-refractivity contribution in [3.05, 3.63) is 71.9 Å². The Morgan fingerprint density at radius 2 is 1.50 bits per heavy atom. The molecule has 8 rings (SSSR count). The fourth-order valence-corrected chi connectivity index (χ4v) is 9.14. The van der Waals surface area contributed by atoms with Crippen LogP contribution in [0.4, 0.5) is 0 Å². The molecule has 0 atom stereocenters. The summed E-state index contributed by atoms with van der Waals surface area (Å²) in [7, 11) is 7.00. The van der Waals surface area contributed by atoms with E-state index in [1.807, 2.05) is 61.5 Å². The third-order valence-electron chi connectivity index (χ3n) is 11.2. The van der Waals surface area contributed by atoms with Crippen LogP contribution in [-0.2, 0) is 4.79 Å². The highest BCUT2D eigenvalue weighted by Gasteiger charge is 2.62. The van der Waals surface area contributed by atoms with E-state index in [0.717, 1.165) is 49.4 Å². The van der Waals surface area contributed by atoms with Gasteiger partial charge in [-0.3, -0.25) is 9.59 Å². The lowest BCUT2D eigenvalue weighted by Crippen LogP contribution is -2.70.